The molecular weight excluding hydrogens is 100 g/mol. The van der Waals surface area contributed by atoms with Crippen molar-refractivity contribution < 1.29 is 0 Å². The Morgan fingerprint density at radius 2 is 2.12 bits per heavy atom. The maximum absolute atomic E-state index is 5.75. The molecule has 46 valence electrons. The van der Waals surface area contributed by atoms with Crippen molar-refractivity contribution in [2.75, 3.05) is 0 Å². The molecule has 3 atom stereocenters. The normalized spacial score (nSPS) is 52.9. The predicted octanol–water partition coefficient (Wildman–Crippen LogP) is -0.162. The summed E-state index contributed by atoms with van der Waals surface area (Å²) >= 11 is 0. The molecule has 0 spiro atoms. The van der Waals surface area contributed by atoms with Crippen LogP contribution in [0.25, 0.3) is 0 Å². The van der Waals surface area contributed by atoms with Crippen LogP contribution in [0.15, 0.2) is 0 Å². The number of nitrogens with one attached hydrogen (secondary N) is 1. The first-order chi connectivity index (χ1) is 3.86. The number of rotatable bonds is 0. The Morgan fingerprint density at radius 3 is 2.38 bits per heavy atom. The van der Waals surface area contributed by atoms with Gasteiger partial charge in [-0.15, -0.1) is 0 Å². The van der Waals surface area contributed by atoms with E-state index in [4.69, 9.17) is 5.73 Å². The standard InChI is InChI=1S/C6H12N2/c7-5-2-1-4-3-6(5)8-4/h4-6,8H,1-3,7H2. The van der Waals surface area contributed by atoms with Crippen LogP contribution in [0.2, 0.25) is 0 Å². The highest BCUT2D eigenvalue weighted by Crippen LogP contribution is 2.26. The topological polar surface area (TPSA) is 38.0 Å². The number of piperidine rings is 1. The fourth-order valence-electron chi connectivity index (χ4n) is 1.68. The van der Waals surface area contributed by atoms with Crippen molar-refractivity contribution in [1.82, 2.24) is 5.32 Å². The first-order valence-electron chi connectivity index (χ1n) is 3.38. The van der Waals surface area contributed by atoms with E-state index in [1.807, 2.05) is 0 Å². The minimum Gasteiger partial charge on any atom is -0.326 e. The van der Waals surface area contributed by atoms with Gasteiger partial charge in [0.2, 0.25) is 0 Å². The summed E-state index contributed by atoms with van der Waals surface area (Å²) in [5.41, 5.74) is 5.75. The van der Waals surface area contributed by atoms with Crippen LogP contribution in [0.4, 0.5) is 0 Å². The van der Waals surface area contributed by atoms with Crippen LogP contribution in [0, 0.1) is 0 Å². The van der Waals surface area contributed by atoms with Crippen LogP contribution in [0.3, 0.4) is 0 Å². The molecule has 3 rings (SSSR count). The lowest BCUT2D eigenvalue weighted by Gasteiger charge is -2.46. The van der Waals surface area contributed by atoms with Gasteiger partial charge in [-0.3, -0.25) is 0 Å². The van der Waals surface area contributed by atoms with Gasteiger partial charge in [-0.25, -0.2) is 0 Å². The van der Waals surface area contributed by atoms with Crippen molar-refractivity contribution in [2.24, 2.45) is 5.73 Å². The van der Waals surface area contributed by atoms with Crippen LogP contribution < -0.4 is 11.1 Å². The van der Waals surface area contributed by atoms with E-state index < -0.39 is 0 Å². The first kappa shape index (κ1) is 4.77. The van der Waals surface area contributed by atoms with Gasteiger partial charge in [-0.05, 0) is 19.3 Å². The molecular formula is C6H12N2. The molecule has 0 aromatic rings. The van der Waals surface area contributed by atoms with Gasteiger partial charge in [-0.1, -0.05) is 0 Å². The fraction of sp³-hybridized carbons (Fsp3) is 1.00. The molecule has 0 aromatic carbocycles. The third-order valence-corrected chi connectivity index (χ3v) is 2.35. The average molecular weight is 112 g/mol. The van der Waals surface area contributed by atoms with Crippen molar-refractivity contribution in [3.8, 4) is 0 Å². The van der Waals surface area contributed by atoms with Gasteiger partial charge in [0, 0.05) is 18.1 Å². The molecule has 1 saturated carbocycles. The van der Waals surface area contributed by atoms with E-state index in [1.165, 1.54) is 19.3 Å². The highest BCUT2D eigenvalue weighted by Gasteiger charge is 2.37. The second-order valence-corrected chi connectivity index (χ2v) is 2.95. The second kappa shape index (κ2) is 1.45. The fourth-order valence-corrected chi connectivity index (χ4v) is 1.68. The highest BCUT2D eigenvalue weighted by atomic mass is 15.1. The lowest BCUT2D eigenvalue weighted by molar-refractivity contribution is 0.157. The molecule has 3 N–H and O–H groups in total. The van der Waals surface area contributed by atoms with E-state index in [2.05, 4.69) is 5.32 Å². The third-order valence-electron chi connectivity index (χ3n) is 2.35. The molecule has 0 amide bonds. The molecule has 3 fully saturated rings. The second-order valence-electron chi connectivity index (χ2n) is 2.95. The van der Waals surface area contributed by atoms with Gasteiger partial charge < -0.3 is 11.1 Å². The summed E-state index contributed by atoms with van der Waals surface area (Å²) in [5.74, 6) is 0. The average Bonchev–Trinajstić information content (AvgIpc) is 1.62. The van der Waals surface area contributed by atoms with Gasteiger partial charge in [0.1, 0.15) is 0 Å². The molecule has 0 aromatic heterocycles. The van der Waals surface area contributed by atoms with Crippen molar-refractivity contribution in [3.05, 3.63) is 0 Å². The lowest BCUT2D eigenvalue weighted by atomic mass is 9.79. The molecule has 3 aliphatic rings. The SMILES string of the molecule is NC1CCC2CC1N2. The summed E-state index contributed by atoms with van der Waals surface area (Å²) in [5, 5.41) is 3.40. The molecule has 3 unspecified atom stereocenters. The Kier molecular flexibility index (Phi) is 0.866. The van der Waals surface area contributed by atoms with Crippen molar-refractivity contribution >= 4 is 0 Å². The third kappa shape index (κ3) is 0.501. The molecule has 1 aliphatic carbocycles. The van der Waals surface area contributed by atoms with Crippen molar-refractivity contribution in [2.45, 2.75) is 37.4 Å². The Morgan fingerprint density at radius 1 is 1.38 bits per heavy atom. The minimum absolute atomic E-state index is 0.458. The van der Waals surface area contributed by atoms with E-state index >= 15 is 0 Å². The van der Waals surface area contributed by atoms with E-state index in [0.29, 0.717) is 12.1 Å². The molecule has 2 heteroatoms. The smallest absolute Gasteiger partial charge is 0.0236 e. The summed E-state index contributed by atoms with van der Waals surface area (Å²) in [4.78, 5) is 0. The van der Waals surface area contributed by atoms with Crippen molar-refractivity contribution in [3.63, 3.8) is 0 Å². The van der Waals surface area contributed by atoms with Gasteiger partial charge in [0.25, 0.3) is 0 Å². The minimum atomic E-state index is 0.458. The monoisotopic (exact) mass is 112 g/mol. The molecule has 2 heterocycles. The van der Waals surface area contributed by atoms with E-state index in [9.17, 15) is 0 Å². The zero-order chi connectivity index (χ0) is 5.56. The summed E-state index contributed by atoms with van der Waals surface area (Å²) < 4.78 is 0. The van der Waals surface area contributed by atoms with Crippen LogP contribution in [0.5, 0.6) is 0 Å². The van der Waals surface area contributed by atoms with Gasteiger partial charge in [0.15, 0.2) is 0 Å². The van der Waals surface area contributed by atoms with Gasteiger partial charge in [-0.2, -0.15) is 0 Å². The Bertz CT molecular complexity index is 91.2. The first-order valence-corrected chi connectivity index (χ1v) is 3.38. The number of nitrogens with two attached hydrogens (primary N) is 1. The Hall–Kier alpha value is -0.0800. The van der Waals surface area contributed by atoms with E-state index in [0.717, 1.165) is 6.04 Å². The molecule has 2 bridgehead atoms. The zero-order valence-corrected chi connectivity index (χ0v) is 4.93. The molecule has 2 nitrogen and oxygen atoms in total. The zero-order valence-electron chi connectivity index (χ0n) is 4.93. The maximum Gasteiger partial charge on any atom is 0.0236 e. The summed E-state index contributed by atoms with van der Waals surface area (Å²) in [6, 6.07) is 1.97. The summed E-state index contributed by atoms with van der Waals surface area (Å²) in [6.45, 7) is 0. The molecule has 8 heavy (non-hydrogen) atoms. The number of hydrogen-bond acceptors (Lipinski definition) is 2. The van der Waals surface area contributed by atoms with Crippen molar-refractivity contribution in [1.29, 1.82) is 0 Å². The number of fused-ring (bicyclic) bond motifs is 2. The van der Waals surface area contributed by atoms with E-state index in [1.54, 1.807) is 0 Å². The largest absolute Gasteiger partial charge is 0.326 e. The summed E-state index contributed by atoms with van der Waals surface area (Å²) in [7, 11) is 0. The maximum atomic E-state index is 5.75. The summed E-state index contributed by atoms with van der Waals surface area (Å²) in [6.07, 6.45) is 3.88. The van der Waals surface area contributed by atoms with Crippen LogP contribution in [-0.4, -0.2) is 18.1 Å². The van der Waals surface area contributed by atoms with Crippen LogP contribution in [0.1, 0.15) is 19.3 Å². The van der Waals surface area contributed by atoms with E-state index in [-0.39, 0.29) is 0 Å². The lowest BCUT2D eigenvalue weighted by Crippen LogP contribution is -2.64. The van der Waals surface area contributed by atoms with Gasteiger partial charge in [0.05, 0.1) is 0 Å². The quantitative estimate of drug-likeness (QED) is 0.457. The van der Waals surface area contributed by atoms with Crippen LogP contribution >= 0.6 is 0 Å². The predicted molar refractivity (Wildman–Crippen MR) is 32.5 cm³/mol. The number of hydrogen-bond donors (Lipinski definition) is 2. The Balaban J connectivity index is 2.01. The Labute approximate surface area is 49.4 Å². The molecule has 2 saturated heterocycles. The van der Waals surface area contributed by atoms with Gasteiger partial charge >= 0.3 is 0 Å². The van der Waals surface area contributed by atoms with Crippen LogP contribution in [-0.2, 0) is 0 Å². The highest BCUT2D eigenvalue weighted by molar-refractivity contribution is 5.00. The molecule has 0 radical (unpaired) electrons. The molecule has 2 aliphatic heterocycles.